The molecule has 2 aromatic carbocycles. The van der Waals surface area contributed by atoms with E-state index in [0.717, 1.165) is 22.6 Å². The summed E-state index contributed by atoms with van der Waals surface area (Å²) in [5.74, 6) is 0.946. The molecule has 0 amide bonds. The monoisotopic (exact) mass is 227 g/mol. The Hall–Kier alpha value is -1.96. The van der Waals surface area contributed by atoms with Crippen molar-refractivity contribution in [2.24, 2.45) is 0 Å². The number of benzene rings is 2. The second kappa shape index (κ2) is 4.91. The highest BCUT2D eigenvalue weighted by Gasteiger charge is 2.00. The maximum atomic E-state index is 5.80. The largest absolute Gasteiger partial charge is 0.489 e. The Morgan fingerprint density at radius 3 is 2.41 bits per heavy atom. The van der Waals surface area contributed by atoms with E-state index in [4.69, 9.17) is 10.5 Å². The van der Waals surface area contributed by atoms with Gasteiger partial charge in [-0.1, -0.05) is 24.3 Å². The van der Waals surface area contributed by atoms with Crippen LogP contribution in [-0.2, 0) is 6.61 Å². The molecule has 2 N–H and O–H groups in total. The first-order valence-electron chi connectivity index (χ1n) is 5.69. The van der Waals surface area contributed by atoms with Gasteiger partial charge in [-0.25, -0.2) is 0 Å². The Kier molecular flexibility index (Phi) is 3.33. The first-order valence-corrected chi connectivity index (χ1v) is 5.69. The fraction of sp³-hybridized carbons (Fsp3) is 0.200. The number of ether oxygens (including phenoxy) is 1. The van der Waals surface area contributed by atoms with Crippen LogP contribution in [0.2, 0.25) is 0 Å². The van der Waals surface area contributed by atoms with Crippen molar-refractivity contribution in [2.45, 2.75) is 20.5 Å². The molecule has 0 heterocycles. The van der Waals surface area contributed by atoms with Crippen LogP contribution in [0.5, 0.6) is 5.75 Å². The highest BCUT2D eigenvalue weighted by atomic mass is 16.5. The van der Waals surface area contributed by atoms with Gasteiger partial charge >= 0.3 is 0 Å². The number of nitrogen functional groups attached to an aromatic ring is 1. The zero-order valence-electron chi connectivity index (χ0n) is 10.2. The number of hydrogen-bond donors (Lipinski definition) is 1. The summed E-state index contributed by atoms with van der Waals surface area (Å²) in [7, 11) is 0. The fourth-order valence-corrected chi connectivity index (χ4v) is 1.64. The molecule has 0 aliphatic rings. The summed E-state index contributed by atoms with van der Waals surface area (Å²) >= 11 is 0. The van der Waals surface area contributed by atoms with Gasteiger partial charge in [0.05, 0.1) is 0 Å². The summed E-state index contributed by atoms with van der Waals surface area (Å²) in [6.45, 7) is 4.69. The molecule has 88 valence electrons. The van der Waals surface area contributed by atoms with E-state index >= 15 is 0 Å². The van der Waals surface area contributed by atoms with Crippen molar-refractivity contribution in [3.05, 3.63) is 59.2 Å². The quantitative estimate of drug-likeness (QED) is 0.815. The summed E-state index contributed by atoms with van der Waals surface area (Å²) in [6, 6.07) is 14.0. The van der Waals surface area contributed by atoms with Crippen LogP contribution >= 0.6 is 0 Å². The van der Waals surface area contributed by atoms with Crippen molar-refractivity contribution < 1.29 is 4.74 Å². The van der Waals surface area contributed by atoms with Crippen LogP contribution in [-0.4, -0.2) is 0 Å². The summed E-state index contributed by atoms with van der Waals surface area (Å²) in [4.78, 5) is 0. The molecule has 0 aromatic heterocycles. The molecule has 0 aliphatic heterocycles. The highest BCUT2D eigenvalue weighted by molar-refractivity contribution is 5.40. The van der Waals surface area contributed by atoms with Crippen LogP contribution in [0, 0.1) is 13.8 Å². The molecule has 17 heavy (non-hydrogen) atoms. The van der Waals surface area contributed by atoms with Gasteiger partial charge in [0.15, 0.2) is 0 Å². The second-order valence-corrected chi connectivity index (χ2v) is 4.30. The van der Waals surface area contributed by atoms with E-state index in [9.17, 15) is 0 Å². The van der Waals surface area contributed by atoms with Gasteiger partial charge in [0.25, 0.3) is 0 Å². The van der Waals surface area contributed by atoms with Gasteiger partial charge in [0.2, 0.25) is 0 Å². The average Bonchev–Trinajstić information content (AvgIpc) is 2.32. The Labute approximate surface area is 102 Å². The van der Waals surface area contributed by atoms with Crippen LogP contribution in [0.4, 0.5) is 5.69 Å². The number of rotatable bonds is 3. The molecule has 0 bridgehead atoms. The van der Waals surface area contributed by atoms with Crippen molar-refractivity contribution in [2.75, 3.05) is 5.73 Å². The Bertz CT molecular complexity index is 503. The van der Waals surface area contributed by atoms with Gasteiger partial charge in [0, 0.05) is 5.69 Å². The van der Waals surface area contributed by atoms with E-state index in [1.54, 1.807) is 0 Å². The molecule has 2 heteroatoms. The summed E-state index contributed by atoms with van der Waals surface area (Å²) < 4.78 is 5.80. The molecule has 2 aromatic rings. The molecule has 2 rings (SSSR count). The first kappa shape index (κ1) is 11.5. The molecule has 0 radical (unpaired) electrons. The molecular formula is C15H17NO. The van der Waals surface area contributed by atoms with E-state index in [-0.39, 0.29) is 0 Å². The molecule has 2 nitrogen and oxygen atoms in total. The van der Waals surface area contributed by atoms with Gasteiger partial charge in [-0.2, -0.15) is 0 Å². The van der Waals surface area contributed by atoms with Gasteiger partial charge in [-0.05, 0) is 48.7 Å². The number of nitrogens with two attached hydrogens (primary N) is 1. The van der Waals surface area contributed by atoms with E-state index in [1.807, 2.05) is 24.3 Å². The Balaban J connectivity index is 2.07. The van der Waals surface area contributed by atoms with Crippen molar-refractivity contribution in [1.82, 2.24) is 0 Å². The molecule has 0 saturated heterocycles. The van der Waals surface area contributed by atoms with E-state index in [1.165, 1.54) is 5.56 Å². The lowest BCUT2D eigenvalue weighted by molar-refractivity contribution is 0.304. The summed E-state index contributed by atoms with van der Waals surface area (Å²) in [6.07, 6.45) is 0. The fourth-order valence-electron chi connectivity index (χ4n) is 1.64. The molecular weight excluding hydrogens is 210 g/mol. The number of hydrogen-bond acceptors (Lipinski definition) is 2. The minimum Gasteiger partial charge on any atom is -0.489 e. The van der Waals surface area contributed by atoms with Crippen LogP contribution < -0.4 is 10.5 Å². The van der Waals surface area contributed by atoms with Crippen LogP contribution in [0.3, 0.4) is 0 Å². The van der Waals surface area contributed by atoms with Crippen molar-refractivity contribution in [1.29, 1.82) is 0 Å². The summed E-state index contributed by atoms with van der Waals surface area (Å²) in [5, 5.41) is 0. The van der Waals surface area contributed by atoms with Gasteiger partial charge in [-0.15, -0.1) is 0 Å². The normalized spacial score (nSPS) is 10.2. The second-order valence-electron chi connectivity index (χ2n) is 4.30. The third-order valence-corrected chi connectivity index (χ3v) is 2.72. The maximum absolute atomic E-state index is 5.80. The predicted molar refractivity (Wildman–Crippen MR) is 71.1 cm³/mol. The Morgan fingerprint density at radius 2 is 1.71 bits per heavy atom. The lowest BCUT2D eigenvalue weighted by Gasteiger charge is -2.10. The lowest BCUT2D eigenvalue weighted by Crippen LogP contribution is -1.97. The molecule has 0 atom stereocenters. The topological polar surface area (TPSA) is 35.2 Å². The zero-order valence-corrected chi connectivity index (χ0v) is 10.2. The maximum Gasteiger partial charge on any atom is 0.122 e. The minimum atomic E-state index is 0.574. The van der Waals surface area contributed by atoms with E-state index in [0.29, 0.717) is 6.61 Å². The zero-order chi connectivity index (χ0) is 12.3. The molecule has 0 saturated carbocycles. The first-order chi connectivity index (χ1) is 8.15. The predicted octanol–water partition coefficient (Wildman–Crippen LogP) is 3.46. The smallest absolute Gasteiger partial charge is 0.122 e. The SMILES string of the molecule is Cc1ccc(C)c(OCc2ccc(N)cc2)c1. The third-order valence-electron chi connectivity index (χ3n) is 2.72. The summed E-state index contributed by atoms with van der Waals surface area (Å²) in [5.41, 5.74) is 9.91. The third kappa shape index (κ3) is 3.00. The molecule has 0 fully saturated rings. The van der Waals surface area contributed by atoms with E-state index in [2.05, 4.69) is 32.0 Å². The highest BCUT2D eigenvalue weighted by Crippen LogP contribution is 2.20. The standard InChI is InChI=1S/C15H17NO/c1-11-3-4-12(2)15(9-11)17-10-13-5-7-14(16)8-6-13/h3-9H,10,16H2,1-2H3. The average molecular weight is 227 g/mol. The number of aryl methyl sites for hydroxylation is 2. The van der Waals surface area contributed by atoms with Crippen molar-refractivity contribution in [3.8, 4) is 5.75 Å². The van der Waals surface area contributed by atoms with Crippen LogP contribution in [0.1, 0.15) is 16.7 Å². The van der Waals surface area contributed by atoms with Gasteiger partial charge in [-0.3, -0.25) is 0 Å². The van der Waals surface area contributed by atoms with Gasteiger partial charge < -0.3 is 10.5 Å². The van der Waals surface area contributed by atoms with Crippen molar-refractivity contribution >= 4 is 5.69 Å². The van der Waals surface area contributed by atoms with Gasteiger partial charge in [0.1, 0.15) is 12.4 Å². The minimum absolute atomic E-state index is 0.574. The molecule has 0 spiro atoms. The van der Waals surface area contributed by atoms with Crippen LogP contribution in [0.15, 0.2) is 42.5 Å². The lowest BCUT2D eigenvalue weighted by atomic mass is 10.1. The van der Waals surface area contributed by atoms with Crippen molar-refractivity contribution in [3.63, 3.8) is 0 Å². The van der Waals surface area contributed by atoms with Crippen LogP contribution in [0.25, 0.3) is 0 Å². The van der Waals surface area contributed by atoms with E-state index < -0.39 is 0 Å². The Morgan fingerprint density at radius 1 is 1.00 bits per heavy atom. The molecule has 0 aliphatic carbocycles. The number of anilines is 1. The molecule has 0 unspecified atom stereocenters.